The van der Waals surface area contributed by atoms with Gasteiger partial charge in [0.1, 0.15) is 11.3 Å². The van der Waals surface area contributed by atoms with E-state index < -0.39 is 0 Å². The summed E-state index contributed by atoms with van der Waals surface area (Å²) in [5.74, 6) is 0.785. The lowest BCUT2D eigenvalue weighted by Gasteiger charge is -2.04. The molecule has 0 saturated carbocycles. The largest absolute Gasteiger partial charge is 0.494 e. The van der Waals surface area contributed by atoms with Crippen LogP contribution in [-0.2, 0) is 0 Å². The monoisotopic (exact) mass is 300 g/mol. The van der Waals surface area contributed by atoms with E-state index in [0.29, 0.717) is 34.3 Å². The molecular weight excluding hydrogens is 288 g/mol. The van der Waals surface area contributed by atoms with Crippen molar-refractivity contribution in [3.05, 3.63) is 64.9 Å². The third-order valence-corrected chi connectivity index (χ3v) is 3.34. The molecule has 0 fully saturated rings. The minimum Gasteiger partial charge on any atom is -0.494 e. The highest BCUT2D eigenvalue weighted by molar-refractivity contribution is 6.31. The number of ether oxygens (including phenoxy) is 1. The normalized spacial score (nSPS) is 10.8. The second-order valence-corrected chi connectivity index (χ2v) is 5.02. The number of benzene rings is 2. The van der Waals surface area contributed by atoms with Gasteiger partial charge < -0.3 is 9.15 Å². The zero-order valence-electron chi connectivity index (χ0n) is 11.4. The Hall–Kier alpha value is -2.26. The molecule has 3 rings (SSSR count). The van der Waals surface area contributed by atoms with E-state index in [2.05, 4.69) is 0 Å². The predicted octanol–water partition coefficient (Wildman–Crippen LogP) is 4.72. The Morgan fingerprint density at radius 2 is 2.05 bits per heavy atom. The Morgan fingerprint density at radius 1 is 1.19 bits per heavy atom. The number of halogens is 1. The smallest absolute Gasteiger partial charge is 0.228 e. The summed E-state index contributed by atoms with van der Waals surface area (Å²) in [7, 11) is 0. The average molecular weight is 301 g/mol. The van der Waals surface area contributed by atoms with Gasteiger partial charge in [-0.15, -0.1) is 0 Å². The lowest BCUT2D eigenvalue weighted by Crippen LogP contribution is -2.00. The van der Waals surface area contributed by atoms with Crippen molar-refractivity contribution >= 4 is 28.4 Å². The van der Waals surface area contributed by atoms with Crippen LogP contribution in [0.5, 0.6) is 5.75 Å². The summed E-state index contributed by atoms with van der Waals surface area (Å²) in [4.78, 5) is 12.5. The van der Waals surface area contributed by atoms with E-state index in [4.69, 9.17) is 20.8 Å². The van der Waals surface area contributed by atoms with Crippen LogP contribution in [0, 0.1) is 0 Å². The fraction of sp³-hybridized carbons (Fsp3) is 0.118. The summed E-state index contributed by atoms with van der Waals surface area (Å²) in [6.07, 6.45) is 0. The van der Waals surface area contributed by atoms with Crippen LogP contribution in [0.15, 0.2) is 52.9 Å². The molecular formula is C17H13ClO3. The number of carbonyl (C=O) groups excluding carboxylic acids is 1. The first kappa shape index (κ1) is 13.7. The minimum absolute atomic E-state index is 0.177. The Labute approximate surface area is 127 Å². The first-order chi connectivity index (χ1) is 10.2. The Morgan fingerprint density at radius 3 is 2.86 bits per heavy atom. The van der Waals surface area contributed by atoms with Crippen molar-refractivity contribution < 1.29 is 13.9 Å². The van der Waals surface area contributed by atoms with E-state index in [-0.39, 0.29) is 5.78 Å². The maximum absolute atomic E-state index is 12.5. The summed E-state index contributed by atoms with van der Waals surface area (Å²) < 4.78 is 11.0. The lowest BCUT2D eigenvalue weighted by molar-refractivity contribution is 0.101. The van der Waals surface area contributed by atoms with E-state index in [1.165, 1.54) is 0 Å². The van der Waals surface area contributed by atoms with E-state index in [0.717, 1.165) is 5.39 Å². The first-order valence-electron chi connectivity index (χ1n) is 6.64. The number of hydrogen-bond donors (Lipinski definition) is 0. The van der Waals surface area contributed by atoms with Crippen LogP contribution in [-0.4, -0.2) is 12.4 Å². The molecule has 21 heavy (non-hydrogen) atoms. The fourth-order valence-electron chi connectivity index (χ4n) is 2.16. The summed E-state index contributed by atoms with van der Waals surface area (Å²) >= 11 is 5.94. The first-order valence-corrected chi connectivity index (χ1v) is 7.02. The maximum Gasteiger partial charge on any atom is 0.228 e. The maximum atomic E-state index is 12.5. The molecule has 0 radical (unpaired) electrons. The van der Waals surface area contributed by atoms with Crippen molar-refractivity contribution in [2.75, 3.05) is 6.61 Å². The van der Waals surface area contributed by atoms with Crippen LogP contribution in [0.1, 0.15) is 23.0 Å². The van der Waals surface area contributed by atoms with Gasteiger partial charge in [-0.2, -0.15) is 0 Å². The molecule has 0 aliphatic carbocycles. The molecule has 0 bridgehead atoms. The number of furan rings is 1. The van der Waals surface area contributed by atoms with Gasteiger partial charge in [0.15, 0.2) is 5.76 Å². The molecule has 4 heteroatoms. The van der Waals surface area contributed by atoms with Crippen molar-refractivity contribution in [2.24, 2.45) is 0 Å². The third-order valence-electron chi connectivity index (χ3n) is 3.11. The van der Waals surface area contributed by atoms with Crippen LogP contribution in [0.2, 0.25) is 5.02 Å². The zero-order chi connectivity index (χ0) is 14.8. The van der Waals surface area contributed by atoms with Crippen molar-refractivity contribution in [1.82, 2.24) is 0 Å². The van der Waals surface area contributed by atoms with Gasteiger partial charge in [-0.3, -0.25) is 4.79 Å². The standard InChI is InChI=1S/C17H13ClO3/c1-2-20-14-5-3-4-11(9-14)17(19)16-10-12-8-13(18)6-7-15(12)21-16/h3-10H,2H2,1H3. The highest BCUT2D eigenvalue weighted by Crippen LogP contribution is 2.25. The summed E-state index contributed by atoms with van der Waals surface area (Å²) in [5.41, 5.74) is 1.18. The molecule has 0 unspecified atom stereocenters. The van der Waals surface area contributed by atoms with Gasteiger partial charge in [0.2, 0.25) is 5.78 Å². The second kappa shape index (κ2) is 5.62. The molecule has 1 aromatic heterocycles. The number of carbonyl (C=O) groups is 1. The highest BCUT2D eigenvalue weighted by atomic mass is 35.5. The molecule has 0 atom stereocenters. The van der Waals surface area contributed by atoms with E-state index in [1.807, 2.05) is 13.0 Å². The summed E-state index contributed by atoms with van der Waals surface area (Å²) in [6, 6.07) is 14.0. The number of ketones is 1. The Bertz CT molecular complexity index is 805. The van der Waals surface area contributed by atoms with Crippen molar-refractivity contribution in [2.45, 2.75) is 6.92 Å². The van der Waals surface area contributed by atoms with E-state index >= 15 is 0 Å². The molecule has 0 saturated heterocycles. The van der Waals surface area contributed by atoms with Crippen LogP contribution < -0.4 is 4.74 Å². The second-order valence-electron chi connectivity index (χ2n) is 4.58. The molecule has 0 aliphatic heterocycles. The molecule has 2 aromatic carbocycles. The highest BCUT2D eigenvalue weighted by Gasteiger charge is 2.15. The summed E-state index contributed by atoms with van der Waals surface area (Å²) in [6.45, 7) is 2.46. The average Bonchev–Trinajstić information content (AvgIpc) is 2.90. The minimum atomic E-state index is -0.177. The molecule has 3 nitrogen and oxygen atoms in total. The van der Waals surface area contributed by atoms with Crippen LogP contribution in [0.25, 0.3) is 11.0 Å². The number of hydrogen-bond acceptors (Lipinski definition) is 3. The van der Waals surface area contributed by atoms with Gasteiger partial charge in [-0.05, 0) is 43.3 Å². The third kappa shape index (κ3) is 2.78. The van der Waals surface area contributed by atoms with Crippen molar-refractivity contribution in [1.29, 1.82) is 0 Å². The van der Waals surface area contributed by atoms with Crippen LogP contribution in [0.3, 0.4) is 0 Å². The van der Waals surface area contributed by atoms with Crippen LogP contribution in [0.4, 0.5) is 0 Å². The number of rotatable bonds is 4. The van der Waals surface area contributed by atoms with Gasteiger partial charge in [0.05, 0.1) is 6.61 Å². The lowest BCUT2D eigenvalue weighted by atomic mass is 10.1. The fourth-order valence-corrected chi connectivity index (χ4v) is 2.34. The topological polar surface area (TPSA) is 39.4 Å². The predicted molar refractivity (Wildman–Crippen MR) is 82.3 cm³/mol. The Balaban J connectivity index is 1.97. The van der Waals surface area contributed by atoms with E-state index in [1.54, 1.807) is 42.5 Å². The Kier molecular flexibility index (Phi) is 3.67. The van der Waals surface area contributed by atoms with Crippen LogP contribution >= 0.6 is 11.6 Å². The van der Waals surface area contributed by atoms with E-state index in [9.17, 15) is 4.79 Å². The summed E-state index contributed by atoms with van der Waals surface area (Å²) in [5, 5.41) is 1.42. The van der Waals surface area contributed by atoms with Gasteiger partial charge >= 0.3 is 0 Å². The van der Waals surface area contributed by atoms with Crippen molar-refractivity contribution in [3.63, 3.8) is 0 Å². The van der Waals surface area contributed by atoms with Gasteiger partial charge in [0, 0.05) is 16.0 Å². The molecule has 1 heterocycles. The zero-order valence-corrected chi connectivity index (χ0v) is 12.2. The quantitative estimate of drug-likeness (QED) is 0.655. The van der Waals surface area contributed by atoms with Gasteiger partial charge in [-0.1, -0.05) is 23.7 Å². The molecule has 0 N–H and O–H groups in total. The molecule has 0 amide bonds. The molecule has 3 aromatic rings. The molecule has 0 spiro atoms. The molecule has 106 valence electrons. The van der Waals surface area contributed by atoms with Gasteiger partial charge in [-0.25, -0.2) is 0 Å². The number of fused-ring (bicyclic) bond motifs is 1. The molecule has 0 aliphatic rings. The van der Waals surface area contributed by atoms with Gasteiger partial charge in [0.25, 0.3) is 0 Å². The SMILES string of the molecule is CCOc1cccc(C(=O)c2cc3cc(Cl)ccc3o2)c1. The van der Waals surface area contributed by atoms with Crippen molar-refractivity contribution in [3.8, 4) is 5.75 Å².